The standard InChI is InChI=1S/C15H18ClNO3/c1-9(10-5-2-3-8-13(10)16)17-14(18)11-6-4-7-12(11)15(19)20/h2-3,5,8-9,11-12H,4,6-7H2,1H3,(H,17,18)(H,19,20)/t9-,11-,12+/m1/s1. The number of aliphatic carboxylic acids is 1. The van der Waals surface area contributed by atoms with Gasteiger partial charge in [-0.15, -0.1) is 0 Å². The van der Waals surface area contributed by atoms with Crippen molar-refractivity contribution in [2.45, 2.75) is 32.2 Å². The van der Waals surface area contributed by atoms with Crippen LogP contribution in [-0.2, 0) is 9.59 Å². The van der Waals surface area contributed by atoms with Crippen molar-refractivity contribution in [3.8, 4) is 0 Å². The molecular weight excluding hydrogens is 278 g/mol. The molecule has 0 unspecified atom stereocenters. The zero-order valence-electron chi connectivity index (χ0n) is 11.3. The average Bonchev–Trinajstić information content (AvgIpc) is 2.88. The van der Waals surface area contributed by atoms with Gasteiger partial charge in [0.25, 0.3) is 0 Å². The third-order valence-electron chi connectivity index (χ3n) is 3.90. The van der Waals surface area contributed by atoms with Crippen LogP contribution in [0.5, 0.6) is 0 Å². The van der Waals surface area contributed by atoms with Crippen molar-refractivity contribution in [2.75, 3.05) is 0 Å². The Kier molecular flexibility index (Phi) is 4.65. The van der Waals surface area contributed by atoms with Crippen LogP contribution in [0.4, 0.5) is 0 Å². The van der Waals surface area contributed by atoms with Crippen molar-refractivity contribution in [1.29, 1.82) is 0 Å². The molecular formula is C15H18ClNO3. The van der Waals surface area contributed by atoms with Gasteiger partial charge in [-0.3, -0.25) is 9.59 Å². The van der Waals surface area contributed by atoms with Gasteiger partial charge in [0.2, 0.25) is 5.91 Å². The summed E-state index contributed by atoms with van der Waals surface area (Å²) < 4.78 is 0. The molecule has 3 atom stereocenters. The molecule has 108 valence electrons. The summed E-state index contributed by atoms with van der Waals surface area (Å²) in [5.74, 6) is -2.07. The van der Waals surface area contributed by atoms with E-state index in [0.717, 1.165) is 12.0 Å². The molecule has 1 amide bonds. The molecule has 1 saturated carbocycles. The average molecular weight is 296 g/mol. The number of hydrogen-bond acceptors (Lipinski definition) is 2. The van der Waals surface area contributed by atoms with Gasteiger partial charge >= 0.3 is 5.97 Å². The molecule has 1 aromatic carbocycles. The first-order valence-corrected chi connectivity index (χ1v) is 7.16. The highest BCUT2D eigenvalue weighted by molar-refractivity contribution is 6.31. The number of carbonyl (C=O) groups is 2. The molecule has 0 spiro atoms. The number of nitrogens with one attached hydrogen (secondary N) is 1. The van der Waals surface area contributed by atoms with Gasteiger partial charge in [0.15, 0.2) is 0 Å². The minimum absolute atomic E-state index is 0.192. The Bertz CT molecular complexity index is 518. The topological polar surface area (TPSA) is 66.4 Å². The molecule has 0 aliphatic heterocycles. The Labute approximate surface area is 123 Å². The van der Waals surface area contributed by atoms with Crippen molar-refractivity contribution in [1.82, 2.24) is 5.32 Å². The fraction of sp³-hybridized carbons (Fsp3) is 0.467. The summed E-state index contributed by atoms with van der Waals surface area (Å²) in [4.78, 5) is 23.4. The van der Waals surface area contributed by atoms with Crippen LogP contribution in [0.3, 0.4) is 0 Å². The normalized spacial score (nSPS) is 23.3. The molecule has 20 heavy (non-hydrogen) atoms. The summed E-state index contributed by atoms with van der Waals surface area (Å²) in [7, 11) is 0. The fourth-order valence-corrected chi connectivity index (χ4v) is 3.09. The minimum atomic E-state index is -0.881. The first kappa shape index (κ1) is 14.9. The zero-order valence-corrected chi connectivity index (χ0v) is 12.1. The van der Waals surface area contributed by atoms with Gasteiger partial charge in [-0.25, -0.2) is 0 Å². The SMILES string of the molecule is C[C@@H](NC(=O)[C@@H]1CCC[C@@H]1C(=O)O)c1ccccc1Cl. The van der Waals surface area contributed by atoms with E-state index in [1.807, 2.05) is 25.1 Å². The molecule has 2 N–H and O–H groups in total. The maximum absolute atomic E-state index is 12.2. The highest BCUT2D eigenvalue weighted by atomic mass is 35.5. The van der Waals surface area contributed by atoms with Gasteiger partial charge < -0.3 is 10.4 Å². The number of rotatable bonds is 4. The Morgan fingerprint density at radius 3 is 2.60 bits per heavy atom. The molecule has 0 heterocycles. The molecule has 0 saturated heterocycles. The maximum Gasteiger partial charge on any atom is 0.307 e. The number of carboxylic acids is 1. The van der Waals surface area contributed by atoms with Crippen molar-refractivity contribution in [2.24, 2.45) is 11.8 Å². The van der Waals surface area contributed by atoms with Crippen LogP contribution in [0.2, 0.25) is 5.02 Å². The van der Waals surface area contributed by atoms with E-state index >= 15 is 0 Å². The number of benzene rings is 1. The fourth-order valence-electron chi connectivity index (χ4n) is 2.79. The number of amides is 1. The monoisotopic (exact) mass is 295 g/mol. The minimum Gasteiger partial charge on any atom is -0.481 e. The molecule has 1 aliphatic rings. The predicted octanol–water partition coefficient (Wildman–Crippen LogP) is 3.02. The summed E-state index contributed by atoms with van der Waals surface area (Å²) in [6.45, 7) is 1.85. The summed E-state index contributed by atoms with van der Waals surface area (Å²) in [6, 6.07) is 7.09. The largest absolute Gasteiger partial charge is 0.481 e. The van der Waals surface area contributed by atoms with Crippen molar-refractivity contribution in [3.63, 3.8) is 0 Å². The number of carboxylic acid groups (broad SMARTS) is 1. The molecule has 0 aromatic heterocycles. The van der Waals surface area contributed by atoms with Crippen molar-refractivity contribution in [3.05, 3.63) is 34.9 Å². The van der Waals surface area contributed by atoms with Crippen molar-refractivity contribution >= 4 is 23.5 Å². The van der Waals surface area contributed by atoms with Gasteiger partial charge in [0, 0.05) is 5.02 Å². The van der Waals surface area contributed by atoms with E-state index in [-0.39, 0.29) is 11.9 Å². The second-order valence-corrected chi connectivity index (χ2v) is 5.64. The number of halogens is 1. The van der Waals surface area contributed by atoms with Gasteiger partial charge in [-0.2, -0.15) is 0 Å². The molecule has 0 bridgehead atoms. The van der Waals surface area contributed by atoms with Crippen LogP contribution in [-0.4, -0.2) is 17.0 Å². The lowest BCUT2D eigenvalue weighted by atomic mass is 9.94. The van der Waals surface area contributed by atoms with Crippen LogP contribution < -0.4 is 5.32 Å². The van der Waals surface area contributed by atoms with E-state index in [4.69, 9.17) is 16.7 Å². The van der Waals surface area contributed by atoms with E-state index in [0.29, 0.717) is 17.9 Å². The van der Waals surface area contributed by atoms with Crippen LogP contribution in [0.15, 0.2) is 24.3 Å². The molecule has 1 aromatic rings. The van der Waals surface area contributed by atoms with E-state index in [9.17, 15) is 9.59 Å². The summed E-state index contributed by atoms with van der Waals surface area (Å²) in [5.41, 5.74) is 0.840. The van der Waals surface area contributed by atoms with Gasteiger partial charge in [0.1, 0.15) is 0 Å². The highest BCUT2D eigenvalue weighted by Crippen LogP contribution is 2.33. The highest BCUT2D eigenvalue weighted by Gasteiger charge is 2.38. The Hall–Kier alpha value is -1.55. The Morgan fingerprint density at radius 2 is 1.95 bits per heavy atom. The number of carbonyl (C=O) groups excluding carboxylic acids is 1. The first-order valence-electron chi connectivity index (χ1n) is 6.78. The lowest BCUT2D eigenvalue weighted by Crippen LogP contribution is -2.36. The molecule has 1 fully saturated rings. The molecule has 1 aliphatic carbocycles. The summed E-state index contributed by atoms with van der Waals surface area (Å²) in [6.07, 6.45) is 2.00. The third kappa shape index (κ3) is 3.12. The Balaban J connectivity index is 2.04. The van der Waals surface area contributed by atoms with Crippen molar-refractivity contribution < 1.29 is 14.7 Å². The zero-order chi connectivity index (χ0) is 14.7. The Morgan fingerprint density at radius 1 is 1.30 bits per heavy atom. The van der Waals surface area contributed by atoms with E-state index in [1.165, 1.54) is 0 Å². The lowest BCUT2D eigenvalue weighted by molar-refractivity contribution is -0.146. The molecule has 5 heteroatoms. The number of hydrogen-bond donors (Lipinski definition) is 2. The van der Waals surface area contributed by atoms with Gasteiger partial charge in [-0.05, 0) is 31.4 Å². The first-order chi connectivity index (χ1) is 9.50. The van der Waals surface area contributed by atoms with Crippen LogP contribution in [0.25, 0.3) is 0 Å². The van der Waals surface area contributed by atoms with Crippen LogP contribution in [0.1, 0.15) is 37.8 Å². The van der Waals surface area contributed by atoms with E-state index in [1.54, 1.807) is 6.07 Å². The quantitative estimate of drug-likeness (QED) is 0.897. The molecule has 0 radical (unpaired) electrons. The molecule has 4 nitrogen and oxygen atoms in total. The van der Waals surface area contributed by atoms with Crippen LogP contribution in [0, 0.1) is 11.8 Å². The van der Waals surface area contributed by atoms with Gasteiger partial charge in [0.05, 0.1) is 17.9 Å². The smallest absolute Gasteiger partial charge is 0.307 e. The van der Waals surface area contributed by atoms with E-state index in [2.05, 4.69) is 5.32 Å². The van der Waals surface area contributed by atoms with E-state index < -0.39 is 17.8 Å². The molecule has 2 rings (SSSR count). The summed E-state index contributed by atoms with van der Waals surface area (Å²) >= 11 is 6.10. The van der Waals surface area contributed by atoms with Crippen LogP contribution >= 0.6 is 11.6 Å². The second kappa shape index (κ2) is 6.27. The maximum atomic E-state index is 12.2. The third-order valence-corrected chi connectivity index (χ3v) is 4.24. The second-order valence-electron chi connectivity index (χ2n) is 5.23. The summed E-state index contributed by atoms with van der Waals surface area (Å²) in [5, 5.41) is 12.6. The lowest BCUT2D eigenvalue weighted by Gasteiger charge is -2.20. The predicted molar refractivity (Wildman–Crippen MR) is 76.5 cm³/mol. The van der Waals surface area contributed by atoms with Gasteiger partial charge in [-0.1, -0.05) is 36.2 Å².